The standard InChI is InChI=1S/C15H22N2O3/c1-11(10-12-8-6-5-7-9-12)16-14(20)17(4)15(2,3)13(18)19/h5-9,11H,10H2,1-4H3,(H,16,20)(H,18,19). The van der Waals surface area contributed by atoms with E-state index in [1.54, 1.807) is 0 Å². The average Bonchev–Trinajstić information content (AvgIpc) is 2.38. The Hall–Kier alpha value is -2.04. The number of rotatable bonds is 5. The summed E-state index contributed by atoms with van der Waals surface area (Å²) >= 11 is 0. The van der Waals surface area contributed by atoms with E-state index in [1.807, 2.05) is 37.3 Å². The van der Waals surface area contributed by atoms with E-state index in [2.05, 4.69) is 5.32 Å². The van der Waals surface area contributed by atoms with Gasteiger partial charge in [-0.15, -0.1) is 0 Å². The Balaban J connectivity index is 2.60. The second kappa shape index (κ2) is 6.41. The Morgan fingerprint density at radius 3 is 2.35 bits per heavy atom. The lowest BCUT2D eigenvalue weighted by Crippen LogP contribution is -2.55. The van der Waals surface area contributed by atoms with Gasteiger partial charge >= 0.3 is 12.0 Å². The summed E-state index contributed by atoms with van der Waals surface area (Å²) in [5.41, 5.74) is -0.114. The molecule has 20 heavy (non-hydrogen) atoms. The zero-order valence-electron chi connectivity index (χ0n) is 12.4. The molecule has 1 rings (SSSR count). The number of hydrogen-bond donors (Lipinski definition) is 2. The van der Waals surface area contributed by atoms with E-state index in [0.717, 1.165) is 5.56 Å². The summed E-state index contributed by atoms with van der Waals surface area (Å²) in [7, 11) is 1.48. The molecule has 0 saturated heterocycles. The molecule has 5 heteroatoms. The Bertz CT molecular complexity index is 471. The largest absolute Gasteiger partial charge is 0.480 e. The van der Waals surface area contributed by atoms with Gasteiger partial charge in [0.05, 0.1) is 0 Å². The van der Waals surface area contributed by atoms with Gasteiger partial charge in [-0.05, 0) is 32.8 Å². The monoisotopic (exact) mass is 278 g/mol. The number of carbonyl (C=O) groups is 2. The highest BCUT2D eigenvalue weighted by Gasteiger charge is 2.35. The number of carboxylic acid groups (broad SMARTS) is 1. The van der Waals surface area contributed by atoms with E-state index in [-0.39, 0.29) is 12.1 Å². The molecule has 0 aromatic heterocycles. The first-order valence-electron chi connectivity index (χ1n) is 6.56. The molecule has 0 heterocycles. The van der Waals surface area contributed by atoms with E-state index >= 15 is 0 Å². The number of nitrogens with one attached hydrogen (secondary N) is 1. The van der Waals surface area contributed by atoms with Crippen LogP contribution in [0.15, 0.2) is 30.3 Å². The van der Waals surface area contributed by atoms with Gasteiger partial charge in [0.2, 0.25) is 0 Å². The van der Waals surface area contributed by atoms with Crippen molar-refractivity contribution in [2.75, 3.05) is 7.05 Å². The molecule has 1 atom stereocenters. The fraction of sp³-hybridized carbons (Fsp3) is 0.467. The number of likely N-dealkylation sites (N-methyl/N-ethyl adjacent to an activating group) is 1. The van der Waals surface area contributed by atoms with Crippen molar-refractivity contribution in [2.24, 2.45) is 0 Å². The van der Waals surface area contributed by atoms with Crippen LogP contribution in [0, 0.1) is 0 Å². The Labute approximate surface area is 119 Å². The van der Waals surface area contributed by atoms with Gasteiger partial charge in [-0.2, -0.15) is 0 Å². The summed E-state index contributed by atoms with van der Waals surface area (Å²) in [6.45, 7) is 4.89. The van der Waals surface area contributed by atoms with Crippen LogP contribution in [0.4, 0.5) is 4.79 Å². The van der Waals surface area contributed by atoms with Gasteiger partial charge in [0.1, 0.15) is 5.54 Å². The number of carboxylic acids is 1. The minimum atomic E-state index is -1.24. The minimum absolute atomic E-state index is 0.0723. The molecule has 2 N–H and O–H groups in total. The predicted octanol–water partition coefficient (Wildman–Crippen LogP) is 2.12. The number of urea groups is 1. The topological polar surface area (TPSA) is 69.6 Å². The van der Waals surface area contributed by atoms with Crippen LogP contribution in [-0.4, -0.2) is 40.6 Å². The molecule has 0 spiro atoms. The maximum Gasteiger partial charge on any atom is 0.329 e. The number of hydrogen-bond acceptors (Lipinski definition) is 2. The third-order valence-electron chi connectivity index (χ3n) is 3.42. The lowest BCUT2D eigenvalue weighted by atomic mass is 10.0. The maximum absolute atomic E-state index is 12.0. The van der Waals surface area contributed by atoms with Crippen molar-refractivity contribution in [3.05, 3.63) is 35.9 Å². The number of amides is 2. The van der Waals surface area contributed by atoms with Crippen molar-refractivity contribution < 1.29 is 14.7 Å². The smallest absolute Gasteiger partial charge is 0.329 e. The summed E-state index contributed by atoms with van der Waals surface area (Å²) in [4.78, 5) is 24.4. The summed E-state index contributed by atoms with van der Waals surface area (Å²) in [5.74, 6) is -1.04. The number of carbonyl (C=O) groups excluding carboxylic acids is 1. The number of nitrogens with zero attached hydrogens (tertiary/aromatic N) is 1. The van der Waals surface area contributed by atoms with Gasteiger partial charge in [0.15, 0.2) is 0 Å². The molecule has 0 aliphatic carbocycles. The van der Waals surface area contributed by atoms with E-state index < -0.39 is 11.5 Å². The van der Waals surface area contributed by atoms with Crippen molar-refractivity contribution in [3.63, 3.8) is 0 Å². The van der Waals surface area contributed by atoms with Crippen LogP contribution in [-0.2, 0) is 11.2 Å². The molecule has 1 aromatic carbocycles. The zero-order chi connectivity index (χ0) is 15.3. The lowest BCUT2D eigenvalue weighted by molar-refractivity contribution is -0.146. The molecule has 0 radical (unpaired) electrons. The minimum Gasteiger partial charge on any atom is -0.480 e. The normalized spacial score (nSPS) is 12.6. The maximum atomic E-state index is 12.0. The Morgan fingerprint density at radius 1 is 1.30 bits per heavy atom. The quantitative estimate of drug-likeness (QED) is 0.866. The third-order valence-corrected chi connectivity index (χ3v) is 3.42. The first-order valence-corrected chi connectivity index (χ1v) is 6.56. The van der Waals surface area contributed by atoms with Crippen LogP contribution in [0.2, 0.25) is 0 Å². The molecule has 0 aliphatic heterocycles. The first-order chi connectivity index (χ1) is 9.25. The molecule has 1 unspecified atom stereocenters. The molecule has 0 aliphatic rings. The molecule has 0 bridgehead atoms. The summed E-state index contributed by atoms with van der Waals surface area (Å²) in [6.07, 6.45) is 0.702. The van der Waals surface area contributed by atoms with Gasteiger partial charge in [0.25, 0.3) is 0 Å². The Morgan fingerprint density at radius 2 is 1.85 bits per heavy atom. The van der Waals surface area contributed by atoms with Gasteiger partial charge < -0.3 is 15.3 Å². The van der Waals surface area contributed by atoms with Crippen molar-refractivity contribution in [3.8, 4) is 0 Å². The summed E-state index contributed by atoms with van der Waals surface area (Å²) in [6, 6.07) is 9.36. The molecule has 1 aromatic rings. The lowest BCUT2D eigenvalue weighted by Gasteiger charge is -2.32. The highest BCUT2D eigenvalue weighted by atomic mass is 16.4. The van der Waals surface area contributed by atoms with Crippen LogP contribution in [0.1, 0.15) is 26.3 Å². The molecular weight excluding hydrogens is 256 g/mol. The highest BCUT2D eigenvalue weighted by Crippen LogP contribution is 2.13. The third kappa shape index (κ3) is 3.98. The zero-order valence-corrected chi connectivity index (χ0v) is 12.4. The van der Waals surface area contributed by atoms with Crippen molar-refractivity contribution in [1.82, 2.24) is 10.2 Å². The van der Waals surface area contributed by atoms with Gasteiger partial charge in [-0.1, -0.05) is 30.3 Å². The molecular formula is C15H22N2O3. The fourth-order valence-corrected chi connectivity index (χ4v) is 1.72. The molecule has 0 saturated carbocycles. The average molecular weight is 278 g/mol. The Kier molecular flexibility index (Phi) is 5.13. The molecule has 0 fully saturated rings. The summed E-state index contributed by atoms with van der Waals surface area (Å²) < 4.78 is 0. The summed E-state index contributed by atoms with van der Waals surface area (Å²) in [5, 5.41) is 11.9. The number of aliphatic carboxylic acids is 1. The second-order valence-electron chi connectivity index (χ2n) is 5.46. The van der Waals surface area contributed by atoms with Gasteiger partial charge in [-0.3, -0.25) is 0 Å². The second-order valence-corrected chi connectivity index (χ2v) is 5.46. The SMILES string of the molecule is CC(Cc1ccccc1)NC(=O)N(C)C(C)(C)C(=O)O. The van der Waals surface area contributed by atoms with E-state index in [9.17, 15) is 9.59 Å². The van der Waals surface area contributed by atoms with Crippen LogP contribution in [0.3, 0.4) is 0 Å². The molecule has 110 valence electrons. The fourth-order valence-electron chi connectivity index (χ4n) is 1.72. The first kappa shape index (κ1) is 16.0. The molecule has 2 amide bonds. The van der Waals surface area contributed by atoms with Crippen LogP contribution in [0.25, 0.3) is 0 Å². The van der Waals surface area contributed by atoms with Crippen molar-refractivity contribution in [1.29, 1.82) is 0 Å². The van der Waals surface area contributed by atoms with Crippen molar-refractivity contribution in [2.45, 2.75) is 38.8 Å². The highest BCUT2D eigenvalue weighted by molar-refractivity contribution is 5.85. The van der Waals surface area contributed by atoms with Crippen LogP contribution in [0.5, 0.6) is 0 Å². The van der Waals surface area contributed by atoms with E-state index in [0.29, 0.717) is 6.42 Å². The predicted molar refractivity (Wildman–Crippen MR) is 77.6 cm³/mol. The van der Waals surface area contributed by atoms with E-state index in [4.69, 9.17) is 5.11 Å². The van der Waals surface area contributed by atoms with Crippen molar-refractivity contribution >= 4 is 12.0 Å². The van der Waals surface area contributed by atoms with E-state index in [1.165, 1.54) is 25.8 Å². The van der Waals surface area contributed by atoms with Gasteiger partial charge in [0, 0.05) is 13.1 Å². The van der Waals surface area contributed by atoms with Crippen LogP contribution < -0.4 is 5.32 Å². The number of benzene rings is 1. The van der Waals surface area contributed by atoms with Gasteiger partial charge in [-0.25, -0.2) is 9.59 Å². The molecule has 5 nitrogen and oxygen atoms in total. The van der Waals surface area contributed by atoms with Crippen LogP contribution >= 0.6 is 0 Å².